The first-order valence-corrected chi connectivity index (χ1v) is 13.9. The third kappa shape index (κ3) is 31.1. The van der Waals surface area contributed by atoms with E-state index < -0.39 is 12.4 Å². The van der Waals surface area contributed by atoms with Crippen LogP contribution in [0.3, 0.4) is 0 Å². The summed E-state index contributed by atoms with van der Waals surface area (Å²) in [6.45, 7) is 21.7. The van der Waals surface area contributed by atoms with Gasteiger partial charge < -0.3 is 34.7 Å². The number of nitrogens with zero attached hydrogens (tertiary/aromatic N) is 5. The molecule has 0 aromatic heterocycles. The summed E-state index contributed by atoms with van der Waals surface area (Å²) in [6.07, 6.45) is 3.19. The van der Waals surface area contributed by atoms with Gasteiger partial charge in [0.15, 0.2) is 0 Å². The zero-order valence-electron chi connectivity index (χ0n) is 26.7. The molecule has 0 atom stereocenters. The summed E-state index contributed by atoms with van der Waals surface area (Å²) in [7, 11) is 14.0. The number of carboxylic acid groups (broad SMARTS) is 1. The summed E-state index contributed by atoms with van der Waals surface area (Å²) in [4.78, 5) is 50.7. The Hall–Kier alpha value is 0.0875. The maximum absolute atomic E-state index is 11.0. The Labute approximate surface area is 327 Å². The number of likely N-dealkylation sites (tertiary alicyclic amines) is 1. The number of piperazine rings is 2. The van der Waals surface area contributed by atoms with Crippen LogP contribution in [-0.4, -0.2) is 175 Å². The summed E-state index contributed by atoms with van der Waals surface area (Å²) < 4.78 is 16.0. The molecule has 0 aromatic rings. The van der Waals surface area contributed by atoms with Gasteiger partial charge in [0, 0.05) is 209 Å². The van der Waals surface area contributed by atoms with Crippen molar-refractivity contribution in [3.63, 3.8) is 0 Å². The number of carbonyl (C=O) groups is 2. The minimum absolute atomic E-state index is 0. The van der Waals surface area contributed by atoms with E-state index in [0.717, 1.165) is 91.5 Å². The van der Waals surface area contributed by atoms with Gasteiger partial charge in [-0.05, 0) is 0 Å². The predicted molar refractivity (Wildman–Crippen MR) is 175 cm³/mol. The summed E-state index contributed by atoms with van der Waals surface area (Å²) in [5.74, 6) is -0.675. The Morgan fingerprint density at radius 3 is 1.20 bits per heavy atom. The molecular weight excluding hydrogens is 735 g/mol. The normalized spacial score (nSPS) is 16.6. The van der Waals surface area contributed by atoms with Crippen molar-refractivity contribution in [2.45, 2.75) is 68.5 Å². The van der Waals surface area contributed by atoms with Gasteiger partial charge in [-0.25, -0.2) is 0 Å². The van der Waals surface area contributed by atoms with E-state index in [1.807, 2.05) is 45.4 Å². The second-order valence-corrected chi connectivity index (χ2v) is 8.71. The first kappa shape index (κ1) is 60.4. The minimum atomic E-state index is -0.833. The second-order valence-electron chi connectivity index (χ2n) is 8.71. The van der Waals surface area contributed by atoms with Crippen molar-refractivity contribution in [1.29, 1.82) is 0 Å². The fourth-order valence-corrected chi connectivity index (χ4v) is 3.83. The smallest absolute Gasteiger partial charge is 0.300 e. The van der Waals surface area contributed by atoms with Crippen LogP contribution in [0.5, 0.6) is 0 Å². The van der Waals surface area contributed by atoms with E-state index in [1.165, 1.54) is 0 Å². The van der Waals surface area contributed by atoms with Crippen LogP contribution in [0.1, 0.15) is 56.4 Å². The average molecular weight is 790 g/mol. The standard InChI is InChI=1S/C10H16N3O2.C8H14N3O.C2H4O2.2C2H6.2CH4.B4.F2.2Y/c1-9(15)13-6-10(7-13)12-4-2-11(8-14)3-5-12;12-7-10-1-3-11(4-2-10)8-5-9-6-8;1-2(3)4;2*1-2;;;1-4(2)3;1-2;;/h10H,2-7H2,1H3;8-9H,1-6H2;1H3,(H,3,4);2*1-2H3;2*1H4;;;;/q2*-1;;;;;;;;;. The number of hydrogen-bond donors (Lipinski definition) is 2. The average Bonchev–Trinajstić information content (AvgIpc) is 2.91. The second kappa shape index (κ2) is 40.3. The number of carbonyl (C=O) groups excluding carboxylic acids is 3. The molecule has 4 aliphatic heterocycles. The zero-order valence-corrected chi connectivity index (χ0v) is 32.4. The van der Waals surface area contributed by atoms with E-state index in [0.29, 0.717) is 6.04 Å². The zero-order chi connectivity index (χ0) is 32.4. The third-order valence-corrected chi connectivity index (χ3v) is 5.99. The van der Waals surface area contributed by atoms with Gasteiger partial charge in [0.25, 0.3) is 5.97 Å². The van der Waals surface area contributed by atoms with Crippen LogP contribution in [0.15, 0.2) is 0 Å². The van der Waals surface area contributed by atoms with Crippen molar-refractivity contribution in [3.8, 4) is 0 Å². The van der Waals surface area contributed by atoms with E-state index in [2.05, 4.69) is 38.3 Å². The predicted octanol–water partition coefficient (Wildman–Crippen LogP) is 0.273. The molecule has 4 rings (SSSR count). The number of hydrogen-bond acceptors (Lipinski definition) is 7. The third-order valence-electron chi connectivity index (χ3n) is 5.99. The quantitative estimate of drug-likeness (QED) is 0.309. The molecule has 2 N–H and O–H groups in total. The maximum Gasteiger partial charge on any atom is 0.300 e. The van der Waals surface area contributed by atoms with Gasteiger partial charge in [0.1, 0.15) is 0 Å². The fraction of sp³-hybridized carbons (Fsp3) is 0.846. The molecule has 0 unspecified atom stereocenters. The van der Waals surface area contributed by atoms with Gasteiger partial charge in [-0.15, -0.1) is 0 Å². The van der Waals surface area contributed by atoms with E-state index in [1.54, 1.807) is 16.7 Å². The fourth-order valence-electron chi connectivity index (χ4n) is 3.83. The molecule has 4 saturated heterocycles. The Kier molecular flexibility index (Phi) is 54.1. The van der Waals surface area contributed by atoms with Gasteiger partial charge in [0.2, 0.25) is 5.91 Å². The molecule has 0 bridgehead atoms. The van der Waals surface area contributed by atoms with Gasteiger partial charge in [-0.3, -0.25) is 19.4 Å². The number of amides is 3. The molecule has 4 heterocycles. The molecule has 8 radical (unpaired) electrons. The van der Waals surface area contributed by atoms with Crippen LogP contribution >= 0.6 is 0 Å². The van der Waals surface area contributed by atoms with Crippen molar-refractivity contribution >= 4 is 54.3 Å². The van der Waals surface area contributed by atoms with Crippen LogP contribution < -0.4 is 5.32 Å². The van der Waals surface area contributed by atoms with Crippen molar-refractivity contribution < 1.29 is 98.9 Å². The van der Waals surface area contributed by atoms with Crippen LogP contribution in [0.2, 0.25) is 0 Å². The molecule has 0 aromatic carbocycles. The molecule has 0 aliphatic carbocycles. The summed E-state index contributed by atoms with van der Waals surface area (Å²) >= 11 is 0. The summed E-state index contributed by atoms with van der Waals surface area (Å²) in [5.41, 5.74) is 0. The van der Waals surface area contributed by atoms with Gasteiger partial charge >= 0.3 is 0 Å². The molecule has 11 nitrogen and oxygen atoms in total. The summed E-state index contributed by atoms with van der Waals surface area (Å²) in [6, 6.07) is 1.22. The van der Waals surface area contributed by atoms with Crippen LogP contribution in [0.4, 0.5) is 9.15 Å². The van der Waals surface area contributed by atoms with Gasteiger partial charge in [-0.1, -0.05) is 42.5 Å². The monoisotopic (exact) mass is 790 g/mol. The Bertz CT molecular complexity index is 675. The molecule has 19 heteroatoms. The van der Waals surface area contributed by atoms with Crippen LogP contribution in [0.25, 0.3) is 0 Å². The molecule has 45 heavy (non-hydrogen) atoms. The first-order chi connectivity index (χ1) is 19.6. The first-order valence-electron chi connectivity index (χ1n) is 13.9. The number of halogens is 2. The van der Waals surface area contributed by atoms with E-state index in [9.17, 15) is 14.4 Å². The number of nitrogens with one attached hydrogen (secondary N) is 1. The van der Waals surface area contributed by atoms with E-state index >= 15 is 0 Å². The molecule has 4 fully saturated rings. The number of rotatable bonds is 4. The van der Waals surface area contributed by atoms with Crippen molar-refractivity contribution in [2.75, 3.05) is 78.5 Å². The van der Waals surface area contributed by atoms with Crippen molar-refractivity contribution in [1.82, 2.24) is 29.8 Å². The Morgan fingerprint density at radius 2 is 1.00 bits per heavy atom. The van der Waals surface area contributed by atoms with E-state index in [-0.39, 0.29) is 86.2 Å². The van der Waals surface area contributed by atoms with Crippen molar-refractivity contribution in [3.05, 3.63) is 0 Å². The van der Waals surface area contributed by atoms with Crippen molar-refractivity contribution in [2.24, 2.45) is 0 Å². The van der Waals surface area contributed by atoms with Gasteiger partial charge in [0.05, 0.1) is 0 Å². The topological polar surface area (TPSA) is 117 Å². The number of aliphatic carboxylic acids is 1. The largest absolute Gasteiger partial charge is 0.520 e. The molecule has 0 saturated carbocycles. The van der Waals surface area contributed by atoms with Gasteiger partial charge in [-0.2, -0.15) is 12.8 Å². The Balaban J connectivity index is -0.0000000869. The number of carboxylic acids is 1. The maximum atomic E-state index is 11.0. The SMILES string of the molecule is C.C.CC.CC.CC(=O)N1CC(N2CCN([C-]=O)CC2)C1.CC(=O)O.FF.O=[C-]N1CCN(C2CNC2)CC1.[B]B([B])[B].[Y].[Y]. The van der Waals surface area contributed by atoms with Crippen LogP contribution in [-0.2, 0) is 84.6 Å². The van der Waals surface area contributed by atoms with Crippen LogP contribution in [0, 0.1) is 0 Å². The molecule has 252 valence electrons. The minimum Gasteiger partial charge on any atom is -0.520 e. The molecule has 0 spiro atoms. The van der Waals surface area contributed by atoms with E-state index in [4.69, 9.17) is 19.0 Å². The molecular formula is C26H54B4F2N6O5Y2-2. The molecule has 3 amide bonds. The molecule has 4 aliphatic rings. The Morgan fingerprint density at radius 1 is 0.733 bits per heavy atom. The summed E-state index contributed by atoms with van der Waals surface area (Å²) in [5, 5.41) is 10.7.